The minimum atomic E-state index is -0.256. The number of carbonyl (C=O) groups is 1. The lowest BCUT2D eigenvalue weighted by molar-refractivity contribution is 0.0937. The number of hydrogen-bond donors (Lipinski definition) is 2. The van der Waals surface area contributed by atoms with Crippen molar-refractivity contribution in [1.82, 2.24) is 20.8 Å². The van der Waals surface area contributed by atoms with E-state index in [-0.39, 0.29) is 23.9 Å². The van der Waals surface area contributed by atoms with Crippen molar-refractivity contribution in [3.63, 3.8) is 0 Å². The van der Waals surface area contributed by atoms with Crippen LogP contribution in [0.4, 0.5) is 0 Å². The quantitative estimate of drug-likeness (QED) is 0.784. The average Bonchev–Trinajstić information content (AvgIpc) is 2.91. The molecule has 2 fully saturated rings. The van der Waals surface area contributed by atoms with Gasteiger partial charge in [0.2, 0.25) is 5.89 Å². The van der Waals surface area contributed by atoms with Crippen LogP contribution in [0.5, 0.6) is 0 Å². The van der Waals surface area contributed by atoms with Gasteiger partial charge >= 0.3 is 0 Å². The second kappa shape index (κ2) is 4.66. The fraction of sp³-hybridized carbons (Fsp3) is 0.727. The fourth-order valence-corrected chi connectivity index (χ4v) is 2.02. The molecule has 1 amide bonds. The van der Waals surface area contributed by atoms with Gasteiger partial charge in [0, 0.05) is 19.7 Å². The summed E-state index contributed by atoms with van der Waals surface area (Å²) in [5.74, 6) is 0.309. The van der Waals surface area contributed by atoms with Crippen molar-refractivity contribution in [3.8, 4) is 0 Å². The Kier molecular flexibility index (Phi) is 3.00. The number of methoxy groups -OCH3 is 1. The van der Waals surface area contributed by atoms with E-state index in [0.29, 0.717) is 11.9 Å². The molecule has 0 spiro atoms. The Morgan fingerprint density at radius 1 is 1.56 bits per heavy atom. The molecule has 1 aromatic heterocycles. The molecule has 7 nitrogen and oxygen atoms in total. The monoisotopic (exact) mass is 252 g/mol. The second-order valence-electron chi connectivity index (χ2n) is 4.76. The molecule has 3 rings (SSSR count). The number of amides is 1. The number of rotatable bonds is 4. The number of ether oxygens (including phenoxy) is 1. The van der Waals surface area contributed by atoms with E-state index in [1.54, 1.807) is 7.11 Å². The highest BCUT2D eigenvalue weighted by Crippen LogP contribution is 2.23. The molecule has 98 valence electrons. The van der Waals surface area contributed by atoms with Gasteiger partial charge < -0.3 is 19.9 Å². The van der Waals surface area contributed by atoms with Crippen LogP contribution >= 0.6 is 0 Å². The molecular weight excluding hydrogens is 236 g/mol. The van der Waals surface area contributed by atoms with E-state index in [0.717, 1.165) is 25.8 Å². The van der Waals surface area contributed by atoms with Crippen LogP contribution in [-0.4, -0.2) is 41.8 Å². The number of aromatic nitrogens is 2. The third kappa shape index (κ3) is 2.37. The number of carbonyl (C=O) groups excluding carboxylic acids is 1. The van der Waals surface area contributed by atoms with Crippen molar-refractivity contribution >= 4 is 5.91 Å². The van der Waals surface area contributed by atoms with Gasteiger partial charge in [0.15, 0.2) is 0 Å². The molecule has 1 aliphatic carbocycles. The summed E-state index contributed by atoms with van der Waals surface area (Å²) in [6, 6.07) is 0.270. The zero-order valence-electron chi connectivity index (χ0n) is 10.2. The maximum absolute atomic E-state index is 11.7. The van der Waals surface area contributed by atoms with Gasteiger partial charge in [0.05, 0.1) is 12.1 Å². The van der Waals surface area contributed by atoms with E-state index >= 15 is 0 Å². The molecule has 0 bridgehead atoms. The lowest BCUT2D eigenvalue weighted by Crippen LogP contribution is -2.26. The zero-order chi connectivity index (χ0) is 12.5. The minimum Gasteiger partial charge on any atom is -0.380 e. The molecule has 0 radical (unpaired) electrons. The fourth-order valence-electron chi connectivity index (χ4n) is 2.02. The topological polar surface area (TPSA) is 89.3 Å². The van der Waals surface area contributed by atoms with Crippen molar-refractivity contribution in [1.29, 1.82) is 0 Å². The molecule has 1 saturated heterocycles. The molecule has 1 aliphatic heterocycles. The maximum atomic E-state index is 11.7. The predicted octanol–water partition coefficient (Wildman–Crippen LogP) is 0.0112. The number of nitrogens with one attached hydrogen (secondary N) is 2. The van der Waals surface area contributed by atoms with Crippen LogP contribution in [-0.2, 0) is 4.74 Å². The van der Waals surface area contributed by atoms with E-state index < -0.39 is 0 Å². The van der Waals surface area contributed by atoms with Gasteiger partial charge in [-0.3, -0.25) is 4.79 Å². The highest BCUT2D eigenvalue weighted by molar-refractivity contribution is 5.90. The average molecular weight is 252 g/mol. The van der Waals surface area contributed by atoms with Crippen molar-refractivity contribution in [2.75, 3.05) is 13.7 Å². The van der Waals surface area contributed by atoms with Crippen LogP contribution in [0, 0.1) is 0 Å². The summed E-state index contributed by atoms with van der Waals surface area (Å²) < 4.78 is 10.4. The van der Waals surface area contributed by atoms with Crippen LogP contribution in [0.1, 0.15) is 41.8 Å². The summed E-state index contributed by atoms with van der Waals surface area (Å²) in [6.45, 7) is 0.757. The molecule has 2 atom stereocenters. The first-order valence-corrected chi connectivity index (χ1v) is 6.17. The predicted molar refractivity (Wildman–Crippen MR) is 60.9 cm³/mol. The normalized spacial score (nSPS) is 27.4. The van der Waals surface area contributed by atoms with Gasteiger partial charge in [0.1, 0.15) is 0 Å². The second-order valence-corrected chi connectivity index (χ2v) is 4.76. The lowest BCUT2D eigenvalue weighted by Gasteiger charge is -2.04. The van der Waals surface area contributed by atoms with E-state index in [9.17, 15) is 4.79 Å². The summed E-state index contributed by atoms with van der Waals surface area (Å²) in [6.07, 6.45) is 3.01. The van der Waals surface area contributed by atoms with Crippen LogP contribution in [0.15, 0.2) is 4.52 Å². The molecule has 2 N–H and O–H groups in total. The van der Waals surface area contributed by atoms with Crippen molar-refractivity contribution in [2.45, 2.75) is 37.5 Å². The Balaban J connectivity index is 1.63. The lowest BCUT2D eigenvalue weighted by atomic mass is 10.2. The summed E-state index contributed by atoms with van der Waals surface area (Å²) in [5.41, 5.74) is 0. The smallest absolute Gasteiger partial charge is 0.292 e. The molecule has 18 heavy (non-hydrogen) atoms. The van der Waals surface area contributed by atoms with E-state index in [4.69, 9.17) is 9.26 Å². The third-order valence-corrected chi connectivity index (χ3v) is 3.28. The summed E-state index contributed by atoms with van der Waals surface area (Å²) in [7, 11) is 1.68. The Bertz CT molecular complexity index is 443. The van der Waals surface area contributed by atoms with Gasteiger partial charge in [-0.1, -0.05) is 5.16 Å². The standard InChI is InChI=1S/C11H16N4O3/c1-17-7-4-8(12-5-7)11-14-9(15-18-11)10(16)13-6-2-3-6/h6-8,12H,2-5H2,1H3,(H,13,16). The van der Waals surface area contributed by atoms with E-state index in [2.05, 4.69) is 20.8 Å². The van der Waals surface area contributed by atoms with Crippen LogP contribution in [0.3, 0.4) is 0 Å². The third-order valence-electron chi connectivity index (χ3n) is 3.28. The summed E-state index contributed by atoms with van der Waals surface area (Å²) in [5, 5.41) is 9.76. The maximum Gasteiger partial charge on any atom is 0.292 e. The number of hydrogen-bond acceptors (Lipinski definition) is 6. The highest BCUT2D eigenvalue weighted by atomic mass is 16.5. The molecule has 1 saturated carbocycles. The first-order chi connectivity index (χ1) is 8.76. The number of nitrogens with zero attached hydrogens (tertiary/aromatic N) is 2. The largest absolute Gasteiger partial charge is 0.380 e. The molecular formula is C11H16N4O3. The Labute approximate surface area is 104 Å². The Morgan fingerprint density at radius 3 is 3.06 bits per heavy atom. The molecule has 7 heteroatoms. The van der Waals surface area contributed by atoms with Crippen LogP contribution in [0.25, 0.3) is 0 Å². The summed E-state index contributed by atoms with van der Waals surface area (Å²) >= 11 is 0. The Morgan fingerprint density at radius 2 is 2.39 bits per heavy atom. The van der Waals surface area contributed by atoms with Gasteiger partial charge in [-0.05, 0) is 19.3 Å². The summed E-state index contributed by atoms with van der Waals surface area (Å²) in [4.78, 5) is 15.8. The first kappa shape index (κ1) is 11.6. The molecule has 0 aromatic carbocycles. The first-order valence-electron chi connectivity index (χ1n) is 6.17. The highest BCUT2D eigenvalue weighted by Gasteiger charge is 2.31. The van der Waals surface area contributed by atoms with Gasteiger partial charge in [-0.2, -0.15) is 4.98 Å². The van der Waals surface area contributed by atoms with Crippen molar-refractivity contribution < 1.29 is 14.1 Å². The molecule has 2 heterocycles. The van der Waals surface area contributed by atoms with E-state index in [1.165, 1.54) is 0 Å². The van der Waals surface area contributed by atoms with Crippen LogP contribution in [0.2, 0.25) is 0 Å². The molecule has 1 aromatic rings. The van der Waals surface area contributed by atoms with Crippen molar-refractivity contribution in [3.05, 3.63) is 11.7 Å². The molecule has 2 aliphatic rings. The zero-order valence-corrected chi connectivity index (χ0v) is 10.2. The Hall–Kier alpha value is -1.47. The SMILES string of the molecule is COC1CNC(c2nc(C(=O)NC3CC3)no2)C1. The van der Waals surface area contributed by atoms with Crippen molar-refractivity contribution in [2.24, 2.45) is 0 Å². The minimum absolute atomic E-state index is 0.0232. The van der Waals surface area contributed by atoms with E-state index in [1.807, 2.05) is 0 Å². The van der Waals surface area contributed by atoms with Crippen LogP contribution < -0.4 is 10.6 Å². The van der Waals surface area contributed by atoms with Gasteiger partial charge in [0.25, 0.3) is 11.7 Å². The van der Waals surface area contributed by atoms with Gasteiger partial charge in [-0.15, -0.1) is 0 Å². The van der Waals surface area contributed by atoms with Gasteiger partial charge in [-0.25, -0.2) is 0 Å². The molecule has 2 unspecified atom stereocenters.